The minimum absolute atomic E-state index is 0.00566. The highest BCUT2D eigenvalue weighted by Crippen LogP contribution is 2.45. The molecule has 0 spiro atoms. The number of benzene rings is 6. The molecule has 70 heavy (non-hydrogen) atoms. The van der Waals surface area contributed by atoms with Crippen molar-refractivity contribution in [3.8, 4) is 34.1 Å². The van der Waals surface area contributed by atoms with Gasteiger partial charge in [-0.1, -0.05) is 36.4 Å². The van der Waals surface area contributed by atoms with Gasteiger partial charge >= 0.3 is 21.2 Å². The third-order valence-corrected chi connectivity index (χ3v) is 9.01. The van der Waals surface area contributed by atoms with Gasteiger partial charge < -0.3 is 9.47 Å². The summed E-state index contributed by atoms with van der Waals surface area (Å²) >= 11 is 0. The summed E-state index contributed by atoms with van der Waals surface area (Å²) in [4.78, 5) is -1.44. The monoisotopic (exact) mass is 1130 g/mol. The Morgan fingerprint density at radius 3 is 1.03 bits per heavy atom. The van der Waals surface area contributed by atoms with E-state index >= 15 is 35.1 Å². The second kappa shape index (κ2) is 32.0. The number of rotatable bonds is 7. The summed E-state index contributed by atoms with van der Waals surface area (Å²) in [5.41, 5.74) is -4.45. The second-order valence-electron chi connectivity index (χ2n) is 10.8. The van der Waals surface area contributed by atoms with E-state index in [0.29, 0.717) is 6.07 Å². The highest BCUT2D eigenvalue weighted by molar-refractivity contribution is 7.86. The summed E-state index contributed by atoms with van der Waals surface area (Å²) in [5.74, 6) is -25.0. The van der Waals surface area contributed by atoms with Gasteiger partial charge in [0.05, 0.1) is 20.9 Å². The van der Waals surface area contributed by atoms with Gasteiger partial charge in [0, 0.05) is 71.7 Å². The van der Waals surface area contributed by atoms with Crippen molar-refractivity contribution in [3.63, 3.8) is 0 Å². The first kappa shape index (κ1) is 67.4. The predicted molar refractivity (Wildman–Crippen MR) is 192 cm³/mol. The number of halogens is 20. The van der Waals surface area contributed by atoms with E-state index in [-0.39, 0.29) is 21.5 Å². The van der Waals surface area contributed by atoms with Crippen molar-refractivity contribution in [2.75, 3.05) is 0 Å². The fourth-order valence-electron chi connectivity index (χ4n) is 5.03. The molecule has 0 heterocycles. The Morgan fingerprint density at radius 2 is 0.671 bits per heavy atom. The molecule has 0 radical (unpaired) electrons. The average molecular weight is 1130 g/mol. The van der Waals surface area contributed by atoms with Crippen LogP contribution < -0.4 is 9.47 Å². The van der Waals surface area contributed by atoms with E-state index in [2.05, 4.69) is 0 Å². The summed E-state index contributed by atoms with van der Waals surface area (Å²) in [6.07, 6.45) is 0. The van der Waals surface area contributed by atoms with E-state index in [9.17, 15) is 25.9 Å². The fraction of sp³-hybridized carbons (Fsp3) is 0. The van der Waals surface area contributed by atoms with Crippen LogP contribution in [0.1, 0.15) is 0 Å². The Kier molecular flexibility index (Phi) is 30.8. The van der Waals surface area contributed by atoms with Crippen LogP contribution in [0.15, 0.2) is 82.6 Å². The maximum atomic E-state index is 15.4. The van der Waals surface area contributed by atoms with Crippen LogP contribution >= 0.6 is 0 Å². The molecule has 0 saturated carbocycles. The highest BCUT2D eigenvalue weighted by Gasteiger charge is 2.36. The summed E-state index contributed by atoms with van der Waals surface area (Å²) in [6.45, 7) is 0. The van der Waals surface area contributed by atoms with E-state index < -0.39 is 132 Å². The smallest absolute Gasteiger partial charge is 0.425 e. The number of hydrogen-bond acceptors (Lipinski definition) is 12. The third kappa shape index (κ3) is 17.9. The fourth-order valence-corrected chi connectivity index (χ4v) is 6.07. The van der Waals surface area contributed by atoms with Gasteiger partial charge in [-0.05, 0) is 41.1 Å². The van der Waals surface area contributed by atoms with E-state index in [1.54, 1.807) is 0 Å². The summed E-state index contributed by atoms with van der Waals surface area (Å²) in [7, 11) is -15.9. The lowest BCUT2D eigenvalue weighted by Crippen LogP contribution is -2.09. The van der Waals surface area contributed by atoms with Gasteiger partial charge in [-0.3, -0.25) is 9.11 Å². The van der Waals surface area contributed by atoms with Crippen LogP contribution in [-0.2, 0) is 41.5 Å². The molecule has 0 saturated heterocycles. The van der Waals surface area contributed by atoms with Crippen molar-refractivity contribution < 1.29 is 151 Å². The molecule has 14 nitrogen and oxygen atoms in total. The normalized spacial score (nSPS) is 9.86. The summed E-state index contributed by atoms with van der Waals surface area (Å²) < 4.78 is 344. The molecule has 0 aromatic heterocycles. The summed E-state index contributed by atoms with van der Waals surface area (Å²) in [6, 6.07) is 13.1. The van der Waals surface area contributed by atoms with Crippen LogP contribution in [0.25, 0.3) is 32.7 Å². The maximum absolute atomic E-state index is 15.4. The minimum Gasteiger partial charge on any atom is -0.450 e. The Balaban J connectivity index is -0.00000196. The highest BCUT2D eigenvalue weighted by atomic mass is 32.2. The van der Waals surface area contributed by atoms with E-state index in [1.807, 2.05) is 0 Å². The SMILES string of the molecule is FF.FF.FF.FF.FF.FF.O=S(=O)(O)c1ccc2c(Oc3c(F)c(F)c(-c4c(F)c(F)c(Oc5cc(S(=O)(=O)O)cc6ccccc56)c(F)c4F)c(F)c3F)cccc2c1.O=S(=O)=O.O=S(=O)=O. The standard InChI is InChI=1S/C32H14F8O8S2.6F2.2O3S/c33-23-21(24(34)28(38)31(27(23)37)47-19-7-3-5-14-10-15(49(41,42)43)8-9-18(14)19)22-25(35)29(39)32(30(40)26(22)36)48-20-12-16(50(44,45)46)11-13-4-1-2-6-17(13)20;6*1-2;2*1-4(2)3/h1-12H,(H,41,42,43)(H,44,45,46);;;;;;;;. The van der Waals surface area contributed by atoms with Gasteiger partial charge in [0.15, 0.2) is 23.3 Å². The Hall–Kier alpha value is -6.90. The van der Waals surface area contributed by atoms with Gasteiger partial charge in [0.1, 0.15) is 11.5 Å². The third-order valence-electron chi connectivity index (χ3n) is 7.33. The van der Waals surface area contributed by atoms with E-state index in [1.165, 1.54) is 36.4 Å². The van der Waals surface area contributed by atoms with Crippen LogP contribution in [0.5, 0.6) is 23.0 Å². The van der Waals surface area contributed by atoms with Crippen LogP contribution in [0.3, 0.4) is 0 Å². The van der Waals surface area contributed by atoms with Crippen molar-refractivity contribution in [2.45, 2.75) is 9.79 Å². The lowest BCUT2D eigenvalue weighted by Gasteiger charge is -2.17. The quantitative estimate of drug-likeness (QED) is 0.0861. The van der Waals surface area contributed by atoms with Crippen LogP contribution in [-0.4, -0.2) is 51.2 Å². The molecule has 0 aliphatic heterocycles. The van der Waals surface area contributed by atoms with Crippen LogP contribution in [0.4, 0.5) is 90.0 Å². The van der Waals surface area contributed by atoms with Gasteiger partial charge in [0.2, 0.25) is 34.8 Å². The molecule has 0 atom stereocenters. The molecule has 6 rings (SSSR count). The lowest BCUT2D eigenvalue weighted by atomic mass is 10.0. The van der Waals surface area contributed by atoms with Crippen LogP contribution in [0.2, 0.25) is 0 Å². The van der Waals surface area contributed by atoms with Gasteiger partial charge in [-0.25, -0.2) is 17.6 Å². The zero-order chi connectivity index (χ0) is 55.6. The lowest BCUT2D eigenvalue weighted by molar-refractivity contribution is 0.108. The van der Waals surface area contributed by atoms with E-state index in [0.717, 1.165) is 30.3 Å². The number of hydrogen-bond donors (Lipinski definition) is 2. The van der Waals surface area contributed by atoms with E-state index in [4.69, 9.17) is 89.6 Å². The number of fused-ring (bicyclic) bond motifs is 2. The van der Waals surface area contributed by atoms with Gasteiger partial charge in [-0.15, -0.1) is 25.3 Å². The molecule has 390 valence electrons. The molecule has 0 fully saturated rings. The van der Waals surface area contributed by atoms with Crippen molar-refractivity contribution in [2.24, 2.45) is 0 Å². The van der Waals surface area contributed by atoms with Crippen molar-refractivity contribution in [1.29, 1.82) is 0 Å². The van der Waals surface area contributed by atoms with Crippen molar-refractivity contribution in [1.82, 2.24) is 0 Å². The Morgan fingerprint density at radius 1 is 0.371 bits per heavy atom. The molecule has 0 aliphatic rings. The number of ether oxygens (including phenoxy) is 2. The van der Waals surface area contributed by atoms with Crippen molar-refractivity contribution >= 4 is 63.0 Å². The van der Waals surface area contributed by atoms with Gasteiger partial charge in [-0.2, -0.15) is 34.4 Å². The minimum atomic E-state index is -4.96. The molecular weight excluding hydrogens is 1120 g/mol. The Bertz CT molecular complexity index is 3060. The zero-order valence-corrected chi connectivity index (χ0v) is 35.2. The largest absolute Gasteiger partial charge is 0.450 e. The second-order valence-corrected chi connectivity index (χ2v) is 14.4. The topological polar surface area (TPSA) is 230 Å². The molecule has 0 unspecified atom stereocenters. The molecule has 6 aromatic carbocycles. The average Bonchev–Trinajstić information content (AvgIpc) is 3.34. The molecule has 0 amide bonds. The molecule has 6 aromatic rings. The maximum Gasteiger partial charge on any atom is 0.425 e. The summed E-state index contributed by atoms with van der Waals surface area (Å²) in [5, 5.41) is -0.147. The zero-order valence-electron chi connectivity index (χ0n) is 31.9. The molecular formula is C32H14F20O14S4. The predicted octanol–water partition coefficient (Wildman–Crippen LogP) is 11.9. The van der Waals surface area contributed by atoms with Gasteiger partial charge in [0.25, 0.3) is 20.2 Å². The molecule has 0 aliphatic carbocycles. The molecule has 38 heteroatoms. The van der Waals surface area contributed by atoms with Crippen LogP contribution in [0, 0.1) is 46.5 Å². The molecule has 2 N–H and O–H groups in total. The first-order chi connectivity index (χ1) is 32.9. The first-order valence-corrected chi connectivity index (χ1v) is 20.2. The molecule has 0 bridgehead atoms. The van der Waals surface area contributed by atoms with Crippen molar-refractivity contribution in [3.05, 3.63) is 119 Å². The Labute approximate surface area is 376 Å². The first-order valence-electron chi connectivity index (χ1n) is 15.3.